The van der Waals surface area contributed by atoms with Crippen molar-refractivity contribution < 1.29 is 9.21 Å². The molecule has 0 spiro atoms. The van der Waals surface area contributed by atoms with Crippen molar-refractivity contribution in [2.24, 2.45) is 0 Å². The lowest BCUT2D eigenvalue weighted by Crippen LogP contribution is -2.22. The first-order valence-electron chi connectivity index (χ1n) is 9.25. The molecule has 0 aliphatic rings. The van der Waals surface area contributed by atoms with Crippen LogP contribution in [-0.4, -0.2) is 25.3 Å². The van der Waals surface area contributed by atoms with Gasteiger partial charge in [-0.3, -0.25) is 9.20 Å². The summed E-state index contributed by atoms with van der Waals surface area (Å²) in [7, 11) is 0. The summed E-state index contributed by atoms with van der Waals surface area (Å²) in [5.74, 6) is 1.04. The standard InChI is InChI=1S/C22H17N5O2/c28-21(24-13-17-14-27-10-4-9-23-22(27)25-17)16-7-8-19-18(12-16)26-20(29-19)11-15-5-2-1-3-6-15/h1-10,12,14H,11,13H2,(H,24,28). The molecular formula is C22H17N5O2. The van der Waals surface area contributed by atoms with Gasteiger partial charge >= 0.3 is 0 Å². The summed E-state index contributed by atoms with van der Waals surface area (Å²) >= 11 is 0. The van der Waals surface area contributed by atoms with Crippen LogP contribution < -0.4 is 5.32 Å². The molecule has 0 aliphatic carbocycles. The van der Waals surface area contributed by atoms with Crippen LogP contribution in [0.25, 0.3) is 16.9 Å². The minimum atomic E-state index is -0.190. The number of benzene rings is 2. The van der Waals surface area contributed by atoms with E-state index in [0.717, 1.165) is 11.3 Å². The number of carbonyl (C=O) groups excluding carboxylic acids is 1. The molecule has 142 valence electrons. The number of oxazole rings is 1. The normalized spacial score (nSPS) is 11.2. The van der Waals surface area contributed by atoms with Gasteiger partial charge in [0.05, 0.1) is 12.2 Å². The molecule has 0 atom stereocenters. The number of hydrogen-bond donors (Lipinski definition) is 1. The maximum Gasteiger partial charge on any atom is 0.251 e. The highest BCUT2D eigenvalue weighted by Gasteiger charge is 2.12. The summed E-state index contributed by atoms with van der Waals surface area (Å²) in [5.41, 5.74) is 3.72. The van der Waals surface area contributed by atoms with Crippen LogP contribution in [0.4, 0.5) is 0 Å². The Balaban J connectivity index is 1.30. The molecule has 0 saturated heterocycles. The van der Waals surface area contributed by atoms with Crippen LogP contribution in [0.2, 0.25) is 0 Å². The van der Waals surface area contributed by atoms with Gasteiger partial charge in [-0.05, 0) is 29.8 Å². The molecule has 1 N–H and O–H groups in total. The molecule has 5 aromatic rings. The van der Waals surface area contributed by atoms with E-state index in [-0.39, 0.29) is 5.91 Å². The Hall–Kier alpha value is -4.00. The number of amides is 1. The first kappa shape index (κ1) is 17.1. The SMILES string of the molecule is O=C(NCc1cn2cccnc2n1)c1ccc2oc(Cc3ccccc3)nc2c1. The molecule has 0 radical (unpaired) electrons. The van der Waals surface area contributed by atoms with Gasteiger partial charge in [-0.1, -0.05) is 30.3 Å². The minimum Gasteiger partial charge on any atom is -0.440 e. The predicted molar refractivity (Wildman–Crippen MR) is 107 cm³/mol. The van der Waals surface area contributed by atoms with E-state index >= 15 is 0 Å². The Morgan fingerprint density at radius 1 is 1.07 bits per heavy atom. The van der Waals surface area contributed by atoms with Gasteiger partial charge in [0.25, 0.3) is 5.91 Å². The van der Waals surface area contributed by atoms with Gasteiger partial charge in [-0.15, -0.1) is 0 Å². The molecule has 0 unspecified atom stereocenters. The van der Waals surface area contributed by atoms with Gasteiger partial charge in [-0.2, -0.15) is 0 Å². The third-order valence-electron chi connectivity index (χ3n) is 4.61. The Bertz CT molecular complexity index is 1270. The van der Waals surface area contributed by atoms with Gasteiger partial charge in [-0.25, -0.2) is 15.0 Å². The maximum atomic E-state index is 12.6. The van der Waals surface area contributed by atoms with E-state index in [1.165, 1.54) is 0 Å². The molecule has 0 aliphatic heterocycles. The average molecular weight is 383 g/mol. The molecule has 7 heteroatoms. The quantitative estimate of drug-likeness (QED) is 0.503. The summed E-state index contributed by atoms with van der Waals surface area (Å²) in [4.78, 5) is 25.6. The zero-order chi connectivity index (χ0) is 19.6. The van der Waals surface area contributed by atoms with E-state index in [1.807, 2.05) is 53.2 Å². The molecular weight excluding hydrogens is 366 g/mol. The number of carbonyl (C=O) groups is 1. The molecule has 0 saturated carbocycles. The van der Waals surface area contributed by atoms with Crippen molar-refractivity contribution in [1.82, 2.24) is 24.7 Å². The first-order valence-corrected chi connectivity index (χ1v) is 9.25. The van der Waals surface area contributed by atoms with Crippen LogP contribution in [0.3, 0.4) is 0 Å². The molecule has 0 bridgehead atoms. The second-order valence-corrected chi connectivity index (χ2v) is 6.69. The van der Waals surface area contributed by atoms with Crippen molar-refractivity contribution in [1.29, 1.82) is 0 Å². The second kappa shape index (κ2) is 7.20. The Labute approximate surface area is 166 Å². The van der Waals surface area contributed by atoms with Gasteiger partial charge in [0, 0.05) is 30.6 Å². The van der Waals surface area contributed by atoms with Crippen LogP contribution in [0.15, 0.2) is 77.6 Å². The molecule has 3 heterocycles. The van der Waals surface area contributed by atoms with Crippen molar-refractivity contribution in [3.05, 3.63) is 95.9 Å². The average Bonchev–Trinajstić information content (AvgIpc) is 3.35. The molecule has 2 aromatic carbocycles. The molecule has 5 rings (SSSR count). The topological polar surface area (TPSA) is 85.3 Å². The molecule has 1 amide bonds. The largest absolute Gasteiger partial charge is 0.440 e. The maximum absolute atomic E-state index is 12.6. The second-order valence-electron chi connectivity index (χ2n) is 6.69. The van der Waals surface area contributed by atoms with Crippen LogP contribution >= 0.6 is 0 Å². The van der Waals surface area contributed by atoms with Crippen LogP contribution in [0.5, 0.6) is 0 Å². The number of aromatic nitrogens is 4. The fourth-order valence-electron chi connectivity index (χ4n) is 3.20. The lowest BCUT2D eigenvalue weighted by Gasteiger charge is -2.02. The van der Waals surface area contributed by atoms with Crippen LogP contribution in [-0.2, 0) is 13.0 Å². The van der Waals surface area contributed by atoms with E-state index in [4.69, 9.17) is 4.42 Å². The summed E-state index contributed by atoms with van der Waals surface area (Å²) in [5, 5.41) is 2.89. The van der Waals surface area contributed by atoms with Crippen molar-refractivity contribution in [2.45, 2.75) is 13.0 Å². The van der Waals surface area contributed by atoms with E-state index in [2.05, 4.69) is 20.3 Å². The summed E-state index contributed by atoms with van der Waals surface area (Å²) in [6.45, 7) is 0.318. The number of imidazole rings is 1. The number of fused-ring (bicyclic) bond motifs is 2. The predicted octanol–water partition coefficient (Wildman–Crippen LogP) is 3.39. The molecule has 29 heavy (non-hydrogen) atoms. The Kier molecular flexibility index (Phi) is 4.25. The van der Waals surface area contributed by atoms with Crippen molar-refractivity contribution in [2.75, 3.05) is 0 Å². The molecule has 3 aromatic heterocycles. The fourth-order valence-corrected chi connectivity index (χ4v) is 3.20. The van der Waals surface area contributed by atoms with E-state index < -0.39 is 0 Å². The fraction of sp³-hybridized carbons (Fsp3) is 0.0909. The lowest BCUT2D eigenvalue weighted by molar-refractivity contribution is 0.0950. The van der Waals surface area contributed by atoms with Gasteiger partial charge in [0.15, 0.2) is 11.5 Å². The number of hydrogen-bond acceptors (Lipinski definition) is 5. The number of nitrogens with one attached hydrogen (secondary N) is 1. The lowest BCUT2D eigenvalue weighted by atomic mass is 10.1. The van der Waals surface area contributed by atoms with Gasteiger partial charge < -0.3 is 9.73 Å². The zero-order valence-corrected chi connectivity index (χ0v) is 15.4. The highest BCUT2D eigenvalue weighted by atomic mass is 16.3. The van der Waals surface area contributed by atoms with Crippen LogP contribution in [0, 0.1) is 0 Å². The first-order chi connectivity index (χ1) is 14.2. The number of nitrogens with zero attached hydrogens (tertiary/aromatic N) is 4. The van der Waals surface area contributed by atoms with E-state index in [0.29, 0.717) is 41.3 Å². The zero-order valence-electron chi connectivity index (χ0n) is 15.4. The Morgan fingerprint density at radius 3 is 2.83 bits per heavy atom. The number of rotatable bonds is 5. The molecule has 0 fully saturated rings. The minimum absolute atomic E-state index is 0.190. The third kappa shape index (κ3) is 3.58. The van der Waals surface area contributed by atoms with Crippen molar-refractivity contribution in [3.8, 4) is 0 Å². The monoisotopic (exact) mass is 383 g/mol. The molecule has 7 nitrogen and oxygen atoms in total. The highest BCUT2D eigenvalue weighted by Crippen LogP contribution is 2.19. The highest BCUT2D eigenvalue weighted by molar-refractivity contribution is 5.97. The van der Waals surface area contributed by atoms with Gasteiger partial charge in [0.2, 0.25) is 5.78 Å². The summed E-state index contributed by atoms with van der Waals surface area (Å²) in [6.07, 6.45) is 6.01. The van der Waals surface area contributed by atoms with Crippen molar-refractivity contribution in [3.63, 3.8) is 0 Å². The Morgan fingerprint density at radius 2 is 1.97 bits per heavy atom. The van der Waals surface area contributed by atoms with E-state index in [9.17, 15) is 4.79 Å². The van der Waals surface area contributed by atoms with E-state index in [1.54, 1.807) is 24.4 Å². The van der Waals surface area contributed by atoms with Crippen molar-refractivity contribution >= 4 is 22.8 Å². The smallest absolute Gasteiger partial charge is 0.251 e. The van der Waals surface area contributed by atoms with Crippen LogP contribution in [0.1, 0.15) is 27.5 Å². The summed E-state index contributed by atoms with van der Waals surface area (Å²) in [6, 6.07) is 17.1. The summed E-state index contributed by atoms with van der Waals surface area (Å²) < 4.78 is 7.62. The third-order valence-corrected chi connectivity index (χ3v) is 4.61. The van der Waals surface area contributed by atoms with Gasteiger partial charge in [0.1, 0.15) is 5.52 Å².